The molecular weight excluding hydrogens is 338 g/mol. The fourth-order valence-corrected chi connectivity index (χ4v) is 3.82. The van der Waals surface area contributed by atoms with Crippen molar-refractivity contribution in [3.05, 3.63) is 61.5 Å². The quantitative estimate of drug-likeness (QED) is 0.515. The lowest BCUT2D eigenvalue weighted by molar-refractivity contribution is 0.651. The molecule has 1 aliphatic rings. The molecule has 1 aromatic carbocycles. The summed E-state index contributed by atoms with van der Waals surface area (Å²) >= 11 is 0. The molecule has 0 atom stereocenters. The van der Waals surface area contributed by atoms with Crippen LogP contribution in [0, 0.1) is 20.0 Å². The summed E-state index contributed by atoms with van der Waals surface area (Å²) < 4.78 is 6.18. The minimum atomic E-state index is 0.204. The number of hydrogen-bond acceptors (Lipinski definition) is 6. The molecule has 0 spiro atoms. The van der Waals surface area contributed by atoms with E-state index in [0.717, 1.165) is 45.4 Å². The highest BCUT2D eigenvalue weighted by Crippen LogP contribution is 2.49. The molecule has 0 aliphatic carbocycles. The Hall–Kier alpha value is -3.15. The number of hydrogen-bond donors (Lipinski definition) is 0. The van der Waals surface area contributed by atoms with Crippen LogP contribution in [-0.2, 0) is 0 Å². The summed E-state index contributed by atoms with van der Waals surface area (Å²) in [5.74, 6) is 1.57. The van der Waals surface area contributed by atoms with E-state index in [1.165, 1.54) is 0 Å². The third-order valence-electron chi connectivity index (χ3n) is 4.97. The van der Waals surface area contributed by atoms with Gasteiger partial charge in [0.05, 0.1) is 5.69 Å². The standard InChI is InChI=1S/C21H19N5O/c1-12(2)25-14(4)26(20-19(25)22-10-11-23-20)17-13(3)7-8-15-16-6-5-9-24-21(16)27-18(15)17/h5-12H,4H2,1-3H3. The van der Waals surface area contributed by atoms with E-state index in [1.54, 1.807) is 18.6 Å². The van der Waals surface area contributed by atoms with E-state index in [-0.39, 0.29) is 6.04 Å². The van der Waals surface area contributed by atoms with Gasteiger partial charge in [-0.15, -0.1) is 0 Å². The first-order valence-corrected chi connectivity index (χ1v) is 8.94. The minimum absolute atomic E-state index is 0.204. The molecule has 6 heteroatoms. The van der Waals surface area contributed by atoms with Crippen molar-refractivity contribution in [2.24, 2.45) is 0 Å². The summed E-state index contributed by atoms with van der Waals surface area (Å²) in [7, 11) is 0. The molecule has 0 unspecified atom stereocenters. The zero-order valence-electron chi connectivity index (χ0n) is 15.5. The third-order valence-corrected chi connectivity index (χ3v) is 4.97. The van der Waals surface area contributed by atoms with Gasteiger partial charge in [0.1, 0.15) is 0 Å². The highest BCUT2D eigenvalue weighted by Gasteiger charge is 2.40. The molecule has 3 aromatic heterocycles. The van der Waals surface area contributed by atoms with Crippen LogP contribution < -0.4 is 9.80 Å². The molecule has 1 aliphatic heterocycles. The van der Waals surface area contributed by atoms with Gasteiger partial charge in [-0.3, -0.25) is 4.90 Å². The summed E-state index contributed by atoms with van der Waals surface area (Å²) in [6.07, 6.45) is 5.98. The van der Waals surface area contributed by atoms with Gasteiger partial charge in [0.15, 0.2) is 23.4 Å². The average molecular weight is 357 g/mol. The average Bonchev–Trinajstić information content (AvgIpc) is 3.17. The first kappa shape index (κ1) is 16.1. The highest BCUT2D eigenvalue weighted by atomic mass is 16.3. The van der Waals surface area contributed by atoms with Crippen molar-refractivity contribution >= 4 is 39.4 Å². The van der Waals surface area contributed by atoms with Gasteiger partial charge >= 0.3 is 0 Å². The second-order valence-electron chi connectivity index (χ2n) is 6.98. The van der Waals surface area contributed by atoms with Crippen LogP contribution in [0.15, 0.2) is 47.3 Å². The summed E-state index contributed by atoms with van der Waals surface area (Å²) in [6, 6.07) is 8.33. The van der Waals surface area contributed by atoms with Crippen LogP contribution in [0.1, 0.15) is 19.4 Å². The Balaban J connectivity index is 1.82. The first-order chi connectivity index (χ1) is 13.1. The maximum atomic E-state index is 6.18. The Morgan fingerprint density at radius 3 is 2.52 bits per heavy atom. The molecule has 5 rings (SSSR count). The van der Waals surface area contributed by atoms with Gasteiger partial charge in [0.2, 0.25) is 5.71 Å². The Bertz CT molecular complexity index is 1170. The molecule has 27 heavy (non-hydrogen) atoms. The third kappa shape index (κ3) is 2.16. The van der Waals surface area contributed by atoms with E-state index in [0.29, 0.717) is 5.71 Å². The monoisotopic (exact) mass is 357 g/mol. The van der Waals surface area contributed by atoms with Gasteiger partial charge in [-0.25, -0.2) is 15.0 Å². The largest absolute Gasteiger partial charge is 0.435 e. The van der Waals surface area contributed by atoms with Gasteiger partial charge in [0.25, 0.3) is 0 Å². The maximum absolute atomic E-state index is 6.18. The van der Waals surface area contributed by atoms with Crippen LogP contribution in [0.5, 0.6) is 0 Å². The maximum Gasteiger partial charge on any atom is 0.227 e. The molecule has 0 saturated carbocycles. The van der Waals surface area contributed by atoms with E-state index in [9.17, 15) is 0 Å². The van der Waals surface area contributed by atoms with E-state index in [2.05, 4.69) is 59.7 Å². The summed E-state index contributed by atoms with van der Waals surface area (Å²) in [5, 5.41) is 2.03. The lowest BCUT2D eigenvalue weighted by Gasteiger charge is -2.30. The van der Waals surface area contributed by atoms with Crippen molar-refractivity contribution in [1.29, 1.82) is 0 Å². The van der Waals surface area contributed by atoms with E-state index in [4.69, 9.17) is 4.42 Å². The molecule has 0 saturated heterocycles. The summed E-state index contributed by atoms with van der Waals surface area (Å²) in [4.78, 5) is 17.7. The van der Waals surface area contributed by atoms with Gasteiger partial charge in [0, 0.05) is 35.4 Å². The minimum Gasteiger partial charge on any atom is -0.435 e. The SMILES string of the molecule is [CH2][C]1N(c2c(C)ccc3c2oc2ncccc23)c2nccnc2N1C(C)C. The molecule has 134 valence electrons. The molecule has 0 bridgehead atoms. The van der Waals surface area contributed by atoms with Crippen molar-refractivity contribution in [1.82, 2.24) is 15.0 Å². The molecule has 4 aromatic rings. The molecule has 0 amide bonds. The number of benzene rings is 1. The fourth-order valence-electron chi connectivity index (χ4n) is 3.82. The normalized spacial score (nSPS) is 14.7. The zero-order chi connectivity index (χ0) is 18.7. The number of anilines is 3. The Kier molecular flexibility index (Phi) is 3.37. The topological polar surface area (TPSA) is 58.3 Å². The summed E-state index contributed by atoms with van der Waals surface area (Å²) in [5.41, 5.74) is 3.42. The van der Waals surface area contributed by atoms with Crippen molar-refractivity contribution in [2.45, 2.75) is 26.8 Å². The van der Waals surface area contributed by atoms with Crippen molar-refractivity contribution in [2.75, 3.05) is 9.80 Å². The Labute approximate surface area is 157 Å². The Morgan fingerprint density at radius 1 is 0.963 bits per heavy atom. The number of aryl methyl sites for hydroxylation is 1. The van der Waals surface area contributed by atoms with Gasteiger partial charge in [-0.05, 0) is 45.4 Å². The lowest BCUT2D eigenvalue weighted by atomic mass is 10.1. The second-order valence-corrected chi connectivity index (χ2v) is 6.98. The predicted octanol–water partition coefficient (Wildman–Crippen LogP) is 4.77. The molecule has 2 radical (unpaired) electrons. The van der Waals surface area contributed by atoms with Gasteiger partial charge in [-0.2, -0.15) is 0 Å². The first-order valence-electron chi connectivity index (χ1n) is 8.94. The predicted molar refractivity (Wildman–Crippen MR) is 107 cm³/mol. The second kappa shape index (κ2) is 5.67. The molecule has 6 nitrogen and oxygen atoms in total. The lowest BCUT2D eigenvalue weighted by Crippen LogP contribution is -2.36. The number of pyridine rings is 1. The van der Waals surface area contributed by atoms with Gasteiger partial charge in [-0.1, -0.05) is 12.1 Å². The number of fused-ring (bicyclic) bond motifs is 4. The van der Waals surface area contributed by atoms with E-state index >= 15 is 0 Å². The molecule has 0 N–H and O–H groups in total. The van der Waals surface area contributed by atoms with Crippen molar-refractivity contribution in [3.63, 3.8) is 0 Å². The zero-order valence-corrected chi connectivity index (χ0v) is 15.5. The smallest absolute Gasteiger partial charge is 0.227 e. The van der Waals surface area contributed by atoms with Crippen molar-refractivity contribution in [3.8, 4) is 0 Å². The van der Waals surface area contributed by atoms with E-state index < -0.39 is 0 Å². The number of rotatable bonds is 2. The number of furan rings is 1. The summed E-state index contributed by atoms with van der Waals surface area (Å²) in [6.45, 7) is 10.6. The van der Waals surface area contributed by atoms with Crippen LogP contribution in [-0.4, -0.2) is 21.0 Å². The number of nitrogens with zero attached hydrogens (tertiary/aromatic N) is 5. The fraction of sp³-hybridized carbons (Fsp3) is 0.190. The van der Waals surface area contributed by atoms with Crippen LogP contribution in [0.4, 0.5) is 17.3 Å². The van der Waals surface area contributed by atoms with Crippen LogP contribution in [0.3, 0.4) is 0 Å². The van der Waals surface area contributed by atoms with Crippen LogP contribution >= 0.6 is 0 Å². The molecular formula is C21H19N5O. The van der Waals surface area contributed by atoms with Crippen LogP contribution in [0.2, 0.25) is 0 Å². The Morgan fingerprint density at radius 2 is 1.74 bits per heavy atom. The highest BCUT2D eigenvalue weighted by molar-refractivity contribution is 6.10. The molecule has 4 heterocycles. The van der Waals surface area contributed by atoms with Crippen molar-refractivity contribution < 1.29 is 4.42 Å². The van der Waals surface area contributed by atoms with Crippen LogP contribution in [0.25, 0.3) is 22.1 Å². The number of aromatic nitrogens is 3. The van der Waals surface area contributed by atoms with E-state index in [1.807, 2.05) is 17.0 Å². The molecule has 0 fully saturated rings. The van der Waals surface area contributed by atoms with Gasteiger partial charge < -0.3 is 9.32 Å².